The Kier molecular flexibility index (Phi) is 3.45. The van der Waals surface area contributed by atoms with Gasteiger partial charge in [0.15, 0.2) is 0 Å². The van der Waals surface area contributed by atoms with E-state index in [9.17, 15) is 9.18 Å². The van der Waals surface area contributed by atoms with Crippen LogP contribution < -0.4 is 5.32 Å². The molecular formula is C12H14FN3O2. The summed E-state index contributed by atoms with van der Waals surface area (Å²) in [5.74, 6) is 0.185. The third-order valence-electron chi connectivity index (χ3n) is 2.87. The van der Waals surface area contributed by atoms with E-state index < -0.39 is 6.09 Å². The largest absolute Gasteiger partial charge is 0.453 e. The van der Waals surface area contributed by atoms with Crippen molar-refractivity contribution < 1.29 is 13.9 Å². The number of carbonyl (C=O) groups excluding carboxylic acids is 1. The maximum atomic E-state index is 12.8. The number of methoxy groups -OCH3 is 1. The summed E-state index contributed by atoms with van der Waals surface area (Å²) < 4.78 is 17.4. The van der Waals surface area contributed by atoms with Gasteiger partial charge in [-0.1, -0.05) is 12.1 Å². The third-order valence-corrected chi connectivity index (χ3v) is 2.87. The van der Waals surface area contributed by atoms with Crippen LogP contribution in [-0.4, -0.2) is 37.7 Å². The first-order chi connectivity index (χ1) is 8.61. The van der Waals surface area contributed by atoms with Gasteiger partial charge in [-0.3, -0.25) is 10.3 Å². The molecule has 0 saturated heterocycles. The summed E-state index contributed by atoms with van der Waals surface area (Å²) in [4.78, 5) is 17.2. The van der Waals surface area contributed by atoms with E-state index >= 15 is 0 Å². The Morgan fingerprint density at radius 3 is 2.78 bits per heavy atom. The number of likely N-dealkylation sites (N-methyl/N-ethyl adjacent to an activating group) is 1. The minimum absolute atomic E-state index is 0.00208. The molecule has 0 bridgehead atoms. The highest BCUT2D eigenvalue weighted by atomic mass is 19.1. The molecule has 18 heavy (non-hydrogen) atoms. The van der Waals surface area contributed by atoms with E-state index in [0.717, 1.165) is 5.56 Å². The van der Waals surface area contributed by atoms with Crippen molar-refractivity contribution in [1.82, 2.24) is 10.2 Å². The second-order valence-corrected chi connectivity index (χ2v) is 3.96. The molecule has 1 amide bonds. The normalized spacial score (nSPS) is 18.5. The number of amides is 1. The second-order valence-electron chi connectivity index (χ2n) is 3.96. The van der Waals surface area contributed by atoms with Crippen molar-refractivity contribution in [1.29, 1.82) is 0 Å². The fraction of sp³-hybridized carbons (Fsp3) is 0.333. The van der Waals surface area contributed by atoms with Crippen molar-refractivity contribution in [3.05, 3.63) is 35.6 Å². The number of aliphatic imine (C=N–C) groups is 1. The summed E-state index contributed by atoms with van der Waals surface area (Å²) >= 11 is 0. The van der Waals surface area contributed by atoms with Gasteiger partial charge in [0.2, 0.25) is 5.96 Å². The molecule has 1 heterocycles. The lowest BCUT2D eigenvalue weighted by Crippen LogP contribution is -2.40. The lowest BCUT2D eigenvalue weighted by atomic mass is 10.1. The van der Waals surface area contributed by atoms with E-state index in [1.807, 2.05) is 11.9 Å². The van der Waals surface area contributed by atoms with Gasteiger partial charge in [0.05, 0.1) is 19.7 Å². The molecule has 0 spiro atoms. The predicted molar refractivity (Wildman–Crippen MR) is 64.7 cm³/mol. The number of hydrogen-bond acceptors (Lipinski definition) is 4. The smallest absolute Gasteiger partial charge is 0.413 e. The fourth-order valence-electron chi connectivity index (χ4n) is 1.84. The van der Waals surface area contributed by atoms with Gasteiger partial charge in [-0.05, 0) is 17.7 Å². The number of alkyl carbamates (subject to hydrolysis) is 1. The highest BCUT2D eigenvalue weighted by Gasteiger charge is 2.27. The monoisotopic (exact) mass is 251 g/mol. The molecule has 6 heteroatoms. The van der Waals surface area contributed by atoms with Crippen LogP contribution in [0.3, 0.4) is 0 Å². The van der Waals surface area contributed by atoms with Crippen LogP contribution in [0.25, 0.3) is 0 Å². The molecule has 2 rings (SSSR count). The number of nitrogens with zero attached hydrogens (tertiary/aromatic N) is 2. The molecule has 1 atom stereocenters. The molecule has 96 valence electrons. The molecule has 1 aliphatic heterocycles. The van der Waals surface area contributed by atoms with Crippen molar-refractivity contribution in [2.45, 2.75) is 6.04 Å². The number of hydrogen-bond donors (Lipinski definition) is 1. The molecule has 1 aliphatic rings. The number of guanidine groups is 1. The average Bonchev–Trinajstić information content (AvgIpc) is 2.72. The van der Waals surface area contributed by atoms with Gasteiger partial charge in [0.1, 0.15) is 5.82 Å². The van der Waals surface area contributed by atoms with Gasteiger partial charge in [-0.25, -0.2) is 9.18 Å². The second kappa shape index (κ2) is 5.03. The van der Waals surface area contributed by atoms with Gasteiger partial charge in [-0.2, -0.15) is 0 Å². The third kappa shape index (κ3) is 2.42. The van der Waals surface area contributed by atoms with Gasteiger partial charge in [0, 0.05) is 7.05 Å². The van der Waals surface area contributed by atoms with Gasteiger partial charge >= 0.3 is 6.09 Å². The van der Waals surface area contributed by atoms with Crippen LogP contribution in [0, 0.1) is 5.82 Å². The maximum absolute atomic E-state index is 12.8. The van der Waals surface area contributed by atoms with E-state index in [4.69, 9.17) is 0 Å². The van der Waals surface area contributed by atoms with Crippen LogP contribution in [0.5, 0.6) is 0 Å². The Hall–Kier alpha value is -2.11. The number of ether oxygens (including phenoxy) is 1. The van der Waals surface area contributed by atoms with E-state index in [2.05, 4.69) is 15.0 Å². The SMILES string of the molecule is COC(=O)NC1=NCC(c2ccc(F)cc2)N1C. The Morgan fingerprint density at radius 2 is 2.17 bits per heavy atom. The highest BCUT2D eigenvalue weighted by Crippen LogP contribution is 2.24. The first kappa shape index (κ1) is 12.3. The molecule has 0 radical (unpaired) electrons. The summed E-state index contributed by atoms with van der Waals surface area (Å²) in [6.45, 7) is 0.515. The molecule has 0 saturated carbocycles. The first-order valence-electron chi connectivity index (χ1n) is 5.49. The van der Waals surface area contributed by atoms with Crippen LogP contribution >= 0.6 is 0 Å². The quantitative estimate of drug-likeness (QED) is 0.823. The summed E-state index contributed by atoms with van der Waals surface area (Å²) in [7, 11) is 3.11. The number of halogens is 1. The predicted octanol–water partition coefficient (Wildman–Crippen LogP) is 1.52. The first-order valence-corrected chi connectivity index (χ1v) is 5.49. The Morgan fingerprint density at radius 1 is 1.50 bits per heavy atom. The summed E-state index contributed by atoms with van der Waals surface area (Å²) in [5, 5.41) is 2.53. The molecule has 5 nitrogen and oxygen atoms in total. The lowest BCUT2D eigenvalue weighted by Gasteiger charge is -2.23. The summed E-state index contributed by atoms with van der Waals surface area (Å²) in [6, 6.07) is 6.25. The Labute approximate surface area is 104 Å². The van der Waals surface area contributed by atoms with Crippen LogP contribution in [0.4, 0.5) is 9.18 Å². The van der Waals surface area contributed by atoms with Crippen LogP contribution in [0.15, 0.2) is 29.3 Å². The van der Waals surface area contributed by atoms with E-state index in [1.54, 1.807) is 12.1 Å². The average molecular weight is 251 g/mol. The van der Waals surface area contributed by atoms with Crippen LogP contribution in [0.2, 0.25) is 0 Å². The van der Waals surface area contributed by atoms with Crippen LogP contribution in [0.1, 0.15) is 11.6 Å². The zero-order chi connectivity index (χ0) is 13.1. The molecular weight excluding hydrogens is 237 g/mol. The molecule has 0 aromatic heterocycles. The molecule has 1 aromatic carbocycles. The van der Waals surface area contributed by atoms with Gasteiger partial charge in [-0.15, -0.1) is 0 Å². The Bertz CT molecular complexity index is 473. The van der Waals surface area contributed by atoms with E-state index in [1.165, 1.54) is 19.2 Å². The van der Waals surface area contributed by atoms with Gasteiger partial charge < -0.3 is 9.64 Å². The standard InChI is InChI=1S/C12H14FN3O2/c1-16-10(8-3-5-9(13)6-4-8)7-14-11(16)15-12(17)18-2/h3-6,10H,7H2,1-2H3,(H,14,15,17). The van der Waals surface area contributed by atoms with Crippen molar-refractivity contribution in [2.75, 3.05) is 20.7 Å². The number of rotatable bonds is 1. The molecule has 0 fully saturated rings. The molecule has 0 aliphatic carbocycles. The zero-order valence-corrected chi connectivity index (χ0v) is 10.2. The molecule has 1 N–H and O–H groups in total. The topological polar surface area (TPSA) is 53.9 Å². The van der Waals surface area contributed by atoms with Crippen molar-refractivity contribution in [3.63, 3.8) is 0 Å². The lowest BCUT2D eigenvalue weighted by molar-refractivity contribution is 0.175. The minimum atomic E-state index is -0.555. The fourth-order valence-corrected chi connectivity index (χ4v) is 1.84. The van der Waals surface area contributed by atoms with E-state index in [0.29, 0.717) is 12.5 Å². The molecule has 1 unspecified atom stereocenters. The Balaban J connectivity index is 2.07. The summed E-state index contributed by atoms with van der Waals surface area (Å²) in [6.07, 6.45) is -0.555. The maximum Gasteiger partial charge on any atom is 0.413 e. The summed E-state index contributed by atoms with van der Waals surface area (Å²) in [5.41, 5.74) is 0.948. The number of nitrogens with one attached hydrogen (secondary N) is 1. The van der Waals surface area contributed by atoms with Gasteiger partial charge in [0.25, 0.3) is 0 Å². The number of carbonyl (C=O) groups is 1. The van der Waals surface area contributed by atoms with Crippen molar-refractivity contribution in [2.24, 2.45) is 4.99 Å². The van der Waals surface area contributed by atoms with E-state index in [-0.39, 0.29) is 11.9 Å². The minimum Gasteiger partial charge on any atom is -0.453 e. The van der Waals surface area contributed by atoms with Crippen molar-refractivity contribution >= 4 is 12.1 Å². The zero-order valence-electron chi connectivity index (χ0n) is 10.2. The highest BCUT2D eigenvalue weighted by molar-refractivity contribution is 5.94. The van der Waals surface area contributed by atoms with Crippen LogP contribution in [-0.2, 0) is 4.74 Å². The molecule has 1 aromatic rings. The number of benzene rings is 1. The van der Waals surface area contributed by atoms with Crippen molar-refractivity contribution in [3.8, 4) is 0 Å².